The molecule has 0 aliphatic carbocycles. The van der Waals surface area contributed by atoms with Crippen LogP contribution in [0.1, 0.15) is 23.6 Å². The summed E-state index contributed by atoms with van der Waals surface area (Å²) in [7, 11) is 0. The molecule has 2 heterocycles. The van der Waals surface area contributed by atoms with E-state index in [-0.39, 0.29) is 5.92 Å². The number of carboxylic acids is 1. The molecule has 1 aromatic heterocycles. The molecule has 3 nitrogen and oxygen atoms in total. The zero-order valence-electron chi connectivity index (χ0n) is 9.10. The molecule has 1 aliphatic rings. The van der Waals surface area contributed by atoms with Crippen LogP contribution in [0, 0.1) is 6.92 Å². The van der Waals surface area contributed by atoms with Gasteiger partial charge < -0.3 is 9.67 Å². The highest BCUT2D eigenvalue weighted by Crippen LogP contribution is 2.35. The quantitative estimate of drug-likeness (QED) is 0.794. The number of carboxylic acid groups (broad SMARTS) is 1. The van der Waals surface area contributed by atoms with Gasteiger partial charge in [0.25, 0.3) is 0 Å². The van der Waals surface area contributed by atoms with Crippen LogP contribution in [0.3, 0.4) is 0 Å². The SMILES string of the molecule is Cc1cccc2cc3n(c12)CCC3C(=O)O. The van der Waals surface area contributed by atoms with Crippen molar-refractivity contribution < 1.29 is 9.90 Å². The number of para-hydroxylation sites is 1. The van der Waals surface area contributed by atoms with Gasteiger partial charge in [0, 0.05) is 17.6 Å². The molecule has 0 saturated carbocycles. The van der Waals surface area contributed by atoms with Crippen LogP contribution < -0.4 is 0 Å². The number of hydrogen-bond donors (Lipinski definition) is 1. The van der Waals surface area contributed by atoms with Gasteiger partial charge >= 0.3 is 5.97 Å². The summed E-state index contributed by atoms with van der Waals surface area (Å²) in [6.07, 6.45) is 0.717. The minimum absolute atomic E-state index is 0.327. The first-order valence-corrected chi connectivity index (χ1v) is 5.50. The summed E-state index contributed by atoms with van der Waals surface area (Å²) in [6.45, 7) is 2.89. The van der Waals surface area contributed by atoms with E-state index in [9.17, 15) is 4.79 Å². The monoisotopic (exact) mass is 215 g/mol. The predicted octanol–water partition coefficient (Wildman–Crippen LogP) is 2.52. The minimum Gasteiger partial charge on any atom is -0.481 e. The lowest BCUT2D eigenvalue weighted by atomic mass is 10.0. The van der Waals surface area contributed by atoms with Crippen molar-refractivity contribution in [2.45, 2.75) is 25.8 Å². The van der Waals surface area contributed by atoms with Crippen molar-refractivity contribution in [2.24, 2.45) is 0 Å². The number of aliphatic carboxylic acids is 1. The Kier molecular flexibility index (Phi) is 1.84. The molecule has 0 amide bonds. The molecule has 3 heteroatoms. The van der Waals surface area contributed by atoms with Crippen molar-refractivity contribution in [3.05, 3.63) is 35.5 Å². The standard InChI is InChI=1S/C13H13NO2/c1-8-3-2-4-9-7-11-10(13(15)16)5-6-14(11)12(8)9/h2-4,7,10H,5-6H2,1H3,(H,15,16). The average Bonchev–Trinajstić information content (AvgIpc) is 2.74. The van der Waals surface area contributed by atoms with Crippen LogP contribution in [0.25, 0.3) is 10.9 Å². The maximum absolute atomic E-state index is 11.1. The van der Waals surface area contributed by atoms with Crippen molar-refractivity contribution >= 4 is 16.9 Å². The maximum atomic E-state index is 11.1. The van der Waals surface area contributed by atoms with Crippen molar-refractivity contribution in [3.63, 3.8) is 0 Å². The number of nitrogens with zero attached hydrogens (tertiary/aromatic N) is 1. The van der Waals surface area contributed by atoms with Crippen LogP contribution in [-0.4, -0.2) is 15.6 Å². The van der Waals surface area contributed by atoms with Crippen molar-refractivity contribution in [1.29, 1.82) is 0 Å². The molecule has 0 radical (unpaired) electrons. The molecule has 0 saturated heterocycles. The maximum Gasteiger partial charge on any atom is 0.312 e. The van der Waals surface area contributed by atoms with Crippen LogP contribution in [0.15, 0.2) is 24.3 Å². The van der Waals surface area contributed by atoms with Gasteiger partial charge in [0.1, 0.15) is 0 Å². The van der Waals surface area contributed by atoms with Gasteiger partial charge in [0.15, 0.2) is 0 Å². The summed E-state index contributed by atoms with van der Waals surface area (Å²) >= 11 is 0. The number of fused-ring (bicyclic) bond motifs is 3. The molecule has 82 valence electrons. The zero-order chi connectivity index (χ0) is 11.3. The Labute approximate surface area is 93.3 Å². The summed E-state index contributed by atoms with van der Waals surface area (Å²) in [5.41, 5.74) is 3.37. The number of aryl methyl sites for hydroxylation is 2. The predicted molar refractivity (Wildman–Crippen MR) is 61.7 cm³/mol. The van der Waals surface area contributed by atoms with E-state index < -0.39 is 5.97 Å². The van der Waals surface area contributed by atoms with E-state index in [2.05, 4.69) is 17.6 Å². The molecule has 1 N–H and O–H groups in total. The third-order valence-corrected chi connectivity index (χ3v) is 3.45. The molecule has 0 fully saturated rings. The highest BCUT2D eigenvalue weighted by molar-refractivity contribution is 5.87. The van der Waals surface area contributed by atoms with Gasteiger partial charge in [0.2, 0.25) is 0 Å². The van der Waals surface area contributed by atoms with Gasteiger partial charge in [-0.2, -0.15) is 0 Å². The lowest BCUT2D eigenvalue weighted by molar-refractivity contribution is -0.138. The second-order valence-electron chi connectivity index (χ2n) is 4.41. The van der Waals surface area contributed by atoms with Gasteiger partial charge in [-0.05, 0) is 25.0 Å². The molecule has 3 rings (SSSR count). The first kappa shape index (κ1) is 9.46. The first-order chi connectivity index (χ1) is 7.68. The van der Waals surface area contributed by atoms with Gasteiger partial charge in [-0.25, -0.2) is 0 Å². The van der Waals surface area contributed by atoms with Crippen LogP contribution >= 0.6 is 0 Å². The average molecular weight is 215 g/mol. The lowest BCUT2D eigenvalue weighted by Gasteiger charge is -2.03. The van der Waals surface area contributed by atoms with E-state index in [1.807, 2.05) is 18.2 Å². The van der Waals surface area contributed by atoms with Gasteiger partial charge in [0.05, 0.1) is 11.4 Å². The number of benzene rings is 1. The van der Waals surface area contributed by atoms with E-state index in [1.165, 1.54) is 11.1 Å². The topological polar surface area (TPSA) is 42.2 Å². The Morgan fingerprint density at radius 2 is 2.31 bits per heavy atom. The number of aromatic nitrogens is 1. The molecular formula is C13H13NO2. The van der Waals surface area contributed by atoms with Crippen LogP contribution in [0.2, 0.25) is 0 Å². The smallest absolute Gasteiger partial charge is 0.312 e. The number of rotatable bonds is 1. The molecule has 1 aliphatic heterocycles. The normalized spacial score (nSPS) is 18.9. The fourth-order valence-corrected chi connectivity index (χ4v) is 2.72. The Morgan fingerprint density at radius 3 is 3.06 bits per heavy atom. The number of hydrogen-bond acceptors (Lipinski definition) is 1. The Bertz CT molecular complexity index is 583. The molecule has 1 unspecified atom stereocenters. The molecule has 0 bridgehead atoms. The summed E-state index contributed by atoms with van der Waals surface area (Å²) in [5, 5.41) is 10.3. The fourth-order valence-electron chi connectivity index (χ4n) is 2.72. The second-order valence-corrected chi connectivity index (χ2v) is 4.41. The van der Waals surface area contributed by atoms with Crippen molar-refractivity contribution in [2.75, 3.05) is 0 Å². The Balaban J connectivity index is 2.29. The molecular weight excluding hydrogens is 202 g/mol. The van der Waals surface area contributed by atoms with Crippen LogP contribution in [0.4, 0.5) is 0 Å². The van der Waals surface area contributed by atoms with Crippen molar-refractivity contribution in [1.82, 2.24) is 4.57 Å². The molecule has 2 aromatic rings. The van der Waals surface area contributed by atoms with Gasteiger partial charge in [-0.1, -0.05) is 18.2 Å². The summed E-state index contributed by atoms with van der Waals surface area (Å²) in [6, 6.07) is 8.16. The molecule has 1 aromatic carbocycles. The van der Waals surface area contributed by atoms with E-state index in [1.54, 1.807) is 0 Å². The fraction of sp³-hybridized carbons (Fsp3) is 0.308. The number of carbonyl (C=O) groups is 1. The van der Waals surface area contributed by atoms with E-state index in [0.717, 1.165) is 24.0 Å². The highest BCUT2D eigenvalue weighted by Gasteiger charge is 2.30. The van der Waals surface area contributed by atoms with Gasteiger partial charge in [-0.15, -0.1) is 0 Å². The van der Waals surface area contributed by atoms with E-state index >= 15 is 0 Å². The second kappa shape index (κ2) is 3.11. The summed E-state index contributed by atoms with van der Waals surface area (Å²) in [5.74, 6) is -1.04. The summed E-state index contributed by atoms with van der Waals surface area (Å²) in [4.78, 5) is 11.1. The van der Waals surface area contributed by atoms with Crippen LogP contribution in [0.5, 0.6) is 0 Å². The summed E-state index contributed by atoms with van der Waals surface area (Å²) < 4.78 is 2.16. The minimum atomic E-state index is -0.709. The van der Waals surface area contributed by atoms with Gasteiger partial charge in [-0.3, -0.25) is 4.79 Å². The van der Waals surface area contributed by atoms with E-state index in [0.29, 0.717) is 0 Å². The third-order valence-electron chi connectivity index (χ3n) is 3.45. The largest absolute Gasteiger partial charge is 0.481 e. The molecule has 16 heavy (non-hydrogen) atoms. The highest BCUT2D eigenvalue weighted by atomic mass is 16.4. The molecule has 1 atom stereocenters. The molecule has 0 spiro atoms. The Hall–Kier alpha value is -1.77. The Morgan fingerprint density at radius 1 is 1.50 bits per heavy atom. The van der Waals surface area contributed by atoms with E-state index in [4.69, 9.17) is 5.11 Å². The zero-order valence-corrected chi connectivity index (χ0v) is 9.10. The first-order valence-electron chi connectivity index (χ1n) is 5.50. The lowest BCUT2D eigenvalue weighted by Crippen LogP contribution is -2.07. The third kappa shape index (κ3) is 1.11. The van der Waals surface area contributed by atoms with Crippen LogP contribution in [-0.2, 0) is 11.3 Å². The van der Waals surface area contributed by atoms with Crippen molar-refractivity contribution in [3.8, 4) is 0 Å².